The number of carbonyl (C=O) groups is 2. The summed E-state index contributed by atoms with van der Waals surface area (Å²) in [5, 5.41) is 3.96. The van der Waals surface area contributed by atoms with Crippen molar-refractivity contribution in [3.63, 3.8) is 0 Å². The van der Waals surface area contributed by atoms with Crippen LogP contribution in [0.4, 0.5) is 0 Å². The molecule has 0 aliphatic carbocycles. The Balaban J connectivity index is 1.38. The third-order valence-corrected chi connectivity index (χ3v) is 7.79. The first-order valence-corrected chi connectivity index (χ1v) is 12.8. The molecular formula is C25H29N5O3S. The second kappa shape index (κ2) is 9.76. The number of hydrogen-bond donors (Lipinski definition) is 1. The summed E-state index contributed by atoms with van der Waals surface area (Å²) in [7, 11) is 0. The number of hydrogen-bond acceptors (Lipinski definition) is 7. The Labute approximate surface area is 202 Å². The first-order chi connectivity index (χ1) is 16.5. The van der Waals surface area contributed by atoms with Crippen molar-refractivity contribution < 1.29 is 9.59 Å². The summed E-state index contributed by atoms with van der Waals surface area (Å²) in [4.78, 5) is 50.6. The van der Waals surface area contributed by atoms with Crippen molar-refractivity contribution in [1.82, 2.24) is 24.8 Å². The molecule has 34 heavy (non-hydrogen) atoms. The van der Waals surface area contributed by atoms with Crippen LogP contribution in [-0.2, 0) is 29.0 Å². The van der Waals surface area contributed by atoms with Crippen LogP contribution < -0.4 is 10.9 Å². The van der Waals surface area contributed by atoms with Crippen molar-refractivity contribution in [2.75, 3.05) is 13.1 Å². The van der Waals surface area contributed by atoms with E-state index in [9.17, 15) is 14.4 Å². The van der Waals surface area contributed by atoms with Crippen LogP contribution in [0.5, 0.6) is 0 Å². The molecule has 9 heteroatoms. The first kappa shape index (κ1) is 22.9. The van der Waals surface area contributed by atoms with Gasteiger partial charge in [-0.05, 0) is 57.3 Å². The number of aryl methyl sites for hydroxylation is 3. The van der Waals surface area contributed by atoms with E-state index in [0.717, 1.165) is 36.6 Å². The summed E-state index contributed by atoms with van der Waals surface area (Å²) < 4.78 is 1.45. The number of carbonyl (C=O) groups excluding carboxylic acids is 2. The molecule has 2 amide bonds. The monoisotopic (exact) mass is 479 g/mol. The standard InChI is InChI=1S/C25H29N5O3S/c1-16-27-19-7-5-6-17(23(19)25(33)30(16)20-9-10-21(31)28-24(20)32)8-11-22-26-14-18(34-22)15-29-12-3-2-4-13-29/h5-7,14,20H,2-4,8-13,15H2,1H3,(H,28,31,32). The van der Waals surface area contributed by atoms with E-state index in [-0.39, 0.29) is 17.9 Å². The van der Waals surface area contributed by atoms with Crippen molar-refractivity contribution in [3.05, 3.63) is 56.0 Å². The minimum atomic E-state index is -0.716. The molecule has 2 aliphatic heterocycles. The Bertz CT molecular complexity index is 1290. The molecule has 2 aromatic heterocycles. The summed E-state index contributed by atoms with van der Waals surface area (Å²) in [6.07, 6.45) is 7.80. The molecule has 2 aliphatic rings. The number of fused-ring (bicyclic) bond motifs is 1. The maximum absolute atomic E-state index is 13.6. The lowest BCUT2D eigenvalue weighted by Gasteiger charge is -2.25. The number of amides is 2. The lowest BCUT2D eigenvalue weighted by Crippen LogP contribution is -2.45. The summed E-state index contributed by atoms with van der Waals surface area (Å²) in [6.45, 7) is 5.02. The van der Waals surface area contributed by atoms with E-state index in [0.29, 0.717) is 29.6 Å². The highest BCUT2D eigenvalue weighted by molar-refractivity contribution is 7.11. The Kier molecular flexibility index (Phi) is 6.56. The van der Waals surface area contributed by atoms with E-state index in [4.69, 9.17) is 0 Å². The van der Waals surface area contributed by atoms with Crippen LogP contribution in [-0.4, -0.2) is 44.3 Å². The van der Waals surface area contributed by atoms with Crippen LogP contribution in [0.1, 0.15) is 59.4 Å². The number of imide groups is 1. The average molecular weight is 480 g/mol. The van der Waals surface area contributed by atoms with Gasteiger partial charge in [0.05, 0.1) is 15.9 Å². The van der Waals surface area contributed by atoms with Crippen LogP contribution in [0.2, 0.25) is 0 Å². The highest BCUT2D eigenvalue weighted by Gasteiger charge is 2.30. The van der Waals surface area contributed by atoms with E-state index < -0.39 is 11.9 Å². The second-order valence-electron chi connectivity index (χ2n) is 9.17. The third kappa shape index (κ3) is 4.67. The Morgan fingerprint density at radius 1 is 1.12 bits per heavy atom. The first-order valence-electron chi connectivity index (χ1n) is 12.0. The zero-order valence-electron chi connectivity index (χ0n) is 19.4. The highest BCUT2D eigenvalue weighted by Crippen LogP contribution is 2.23. The van der Waals surface area contributed by atoms with Gasteiger partial charge < -0.3 is 0 Å². The van der Waals surface area contributed by atoms with Gasteiger partial charge in [0.25, 0.3) is 5.56 Å². The molecular weight excluding hydrogens is 450 g/mol. The van der Waals surface area contributed by atoms with E-state index >= 15 is 0 Å². The molecule has 0 radical (unpaired) electrons. The van der Waals surface area contributed by atoms with Gasteiger partial charge in [-0.15, -0.1) is 11.3 Å². The largest absolute Gasteiger partial charge is 0.298 e. The van der Waals surface area contributed by atoms with Crippen LogP contribution in [0.3, 0.4) is 0 Å². The maximum Gasteiger partial charge on any atom is 0.262 e. The second-order valence-corrected chi connectivity index (χ2v) is 10.4. The smallest absolute Gasteiger partial charge is 0.262 e. The maximum atomic E-state index is 13.6. The summed E-state index contributed by atoms with van der Waals surface area (Å²) in [5.74, 6) is -0.264. The number of benzene rings is 1. The van der Waals surface area contributed by atoms with Crippen LogP contribution in [0.15, 0.2) is 29.2 Å². The molecule has 0 spiro atoms. The molecule has 2 fully saturated rings. The topological polar surface area (TPSA) is 97.2 Å². The minimum Gasteiger partial charge on any atom is -0.298 e. The van der Waals surface area contributed by atoms with Gasteiger partial charge in [0, 0.05) is 30.5 Å². The molecule has 2 saturated heterocycles. The van der Waals surface area contributed by atoms with E-state index in [2.05, 4.69) is 20.2 Å². The van der Waals surface area contributed by atoms with E-state index in [1.165, 1.54) is 28.7 Å². The molecule has 178 valence electrons. The number of piperidine rings is 2. The van der Waals surface area contributed by atoms with Gasteiger partial charge in [-0.25, -0.2) is 9.97 Å². The predicted molar refractivity (Wildman–Crippen MR) is 131 cm³/mol. The van der Waals surface area contributed by atoms with Crippen LogP contribution >= 0.6 is 11.3 Å². The molecule has 1 N–H and O–H groups in total. The Morgan fingerprint density at radius 2 is 1.94 bits per heavy atom. The van der Waals surface area contributed by atoms with Crippen molar-refractivity contribution in [1.29, 1.82) is 0 Å². The number of rotatable bonds is 6. The highest BCUT2D eigenvalue weighted by atomic mass is 32.1. The lowest BCUT2D eigenvalue weighted by atomic mass is 10.0. The van der Waals surface area contributed by atoms with Gasteiger partial charge in [-0.1, -0.05) is 18.6 Å². The summed E-state index contributed by atoms with van der Waals surface area (Å²) in [6, 6.07) is 5.00. The molecule has 1 aromatic carbocycles. The van der Waals surface area contributed by atoms with Crippen LogP contribution in [0, 0.1) is 6.92 Å². The van der Waals surface area contributed by atoms with Crippen molar-refractivity contribution in [2.45, 2.75) is 64.5 Å². The number of nitrogens with zero attached hydrogens (tertiary/aromatic N) is 4. The Hall–Kier alpha value is -2.91. The molecule has 0 saturated carbocycles. The summed E-state index contributed by atoms with van der Waals surface area (Å²) in [5.41, 5.74) is 1.31. The fraction of sp³-hybridized carbons (Fsp3) is 0.480. The normalized spacial score (nSPS) is 19.5. The SMILES string of the molecule is Cc1nc2cccc(CCc3ncc(CN4CCCCC4)s3)c2c(=O)n1C1CCC(=O)NC1=O. The number of thiazole rings is 1. The number of aromatic nitrogens is 3. The molecule has 1 atom stereocenters. The lowest BCUT2D eigenvalue weighted by molar-refractivity contribution is -0.135. The van der Waals surface area contributed by atoms with Gasteiger partial charge in [0.1, 0.15) is 11.9 Å². The molecule has 0 bridgehead atoms. The van der Waals surface area contributed by atoms with Crippen LogP contribution in [0.25, 0.3) is 10.9 Å². The van der Waals surface area contributed by atoms with E-state index in [1.54, 1.807) is 18.3 Å². The van der Waals surface area contributed by atoms with Crippen molar-refractivity contribution >= 4 is 34.1 Å². The average Bonchev–Trinajstić information content (AvgIpc) is 3.26. The zero-order valence-corrected chi connectivity index (χ0v) is 20.2. The van der Waals surface area contributed by atoms with Crippen molar-refractivity contribution in [3.8, 4) is 0 Å². The van der Waals surface area contributed by atoms with Gasteiger partial charge >= 0.3 is 0 Å². The third-order valence-electron chi connectivity index (χ3n) is 6.75. The molecule has 5 rings (SSSR count). The zero-order chi connectivity index (χ0) is 23.7. The van der Waals surface area contributed by atoms with Crippen molar-refractivity contribution in [2.24, 2.45) is 0 Å². The minimum absolute atomic E-state index is 0.214. The van der Waals surface area contributed by atoms with Gasteiger partial charge in [0.2, 0.25) is 11.8 Å². The van der Waals surface area contributed by atoms with E-state index in [1.807, 2.05) is 24.4 Å². The molecule has 4 heterocycles. The number of likely N-dealkylation sites (tertiary alicyclic amines) is 1. The van der Waals surface area contributed by atoms with Gasteiger partial charge in [-0.3, -0.25) is 29.2 Å². The summed E-state index contributed by atoms with van der Waals surface area (Å²) >= 11 is 1.75. The fourth-order valence-electron chi connectivity index (χ4n) is 5.04. The molecule has 1 unspecified atom stereocenters. The Morgan fingerprint density at radius 3 is 2.74 bits per heavy atom. The fourth-order valence-corrected chi connectivity index (χ4v) is 6.01. The molecule has 8 nitrogen and oxygen atoms in total. The van der Waals surface area contributed by atoms with Gasteiger partial charge in [-0.2, -0.15) is 0 Å². The van der Waals surface area contributed by atoms with Gasteiger partial charge in [0.15, 0.2) is 0 Å². The molecule has 3 aromatic rings. The number of nitrogens with one attached hydrogen (secondary N) is 1. The quantitative estimate of drug-likeness (QED) is 0.546. The predicted octanol–water partition coefficient (Wildman–Crippen LogP) is 2.91.